The molecule has 0 saturated carbocycles. The molecule has 19 heavy (non-hydrogen) atoms. The predicted octanol–water partition coefficient (Wildman–Crippen LogP) is 3.16. The summed E-state index contributed by atoms with van der Waals surface area (Å²) in [6.45, 7) is 0. The van der Waals surface area contributed by atoms with Gasteiger partial charge in [-0.3, -0.25) is 0 Å². The maximum atomic E-state index is 4.38. The van der Waals surface area contributed by atoms with E-state index in [4.69, 9.17) is 0 Å². The lowest BCUT2D eigenvalue weighted by atomic mass is 9.81. The molecule has 1 aliphatic rings. The van der Waals surface area contributed by atoms with Gasteiger partial charge in [-0.2, -0.15) is 15.4 Å². The lowest BCUT2D eigenvalue weighted by molar-refractivity contribution is 0.756. The van der Waals surface area contributed by atoms with E-state index in [2.05, 4.69) is 63.9 Å². The Labute approximate surface area is 111 Å². The van der Waals surface area contributed by atoms with Crippen LogP contribution >= 0.6 is 0 Å². The maximum Gasteiger partial charge on any atom is 0.116 e. The van der Waals surface area contributed by atoms with Crippen LogP contribution in [-0.4, -0.2) is 15.4 Å². The molecule has 1 atom stereocenters. The van der Waals surface area contributed by atoms with Crippen molar-refractivity contribution in [3.8, 4) is 11.3 Å². The third-order valence-corrected chi connectivity index (χ3v) is 3.80. The van der Waals surface area contributed by atoms with Crippen LogP contribution in [0.1, 0.15) is 22.7 Å². The van der Waals surface area contributed by atoms with Gasteiger partial charge in [-0.05, 0) is 17.5 Å². The van der Waals surface area contributed by atoms with E-state index in [0.29, 0.717) is 5.92 Å². The predicted molar refractivity (Wildman–Crippen MR) is 73.8 cm³/mol. The minimum absolute atomic E-state index is 0.296. The van der Waals surface area contributed by atoms with E-state index in [0.717, 1.165) is 17.8 Å². The molecule has 2 aromatic carbocycles. The Balaban J connectivity index is 1.91. The molecule has 0 radical (unpaired) electrons. The van der Waals surface area contributed by atoms with Gasteiger partial charge in [0.1, 0.15) is 5.69 Å². The molecule has 1 aliphatic carbocycles. The fourth-order valence-electron chi connectivity index (χ4n) is 2.89. The molecule has 0 bridgehead atoms. The minimum atomic E-state index is 0.296. The van der Waals surface area contributed by atoms with Crippen LogP contribution in [0.5, 0.6) is 0 Å². The van der Waals surface area contributed by atoms with Crippen molar-refractivity contribution in [2.75, 3.05) is 0 Å². The van der Waals surface area contributed by atoms with E-state index in [-0.39, 0.29) is 0 Å². The third-order valence-electron chi connectivity index (χ3n) is 3.80. The lowest BCUT2D eigenvalue weighted by Gasteiger charge is -2.23. The number of aromatic amines is 1. The molecule has 0 fully saturated rings. The molecule has 0 aliphatic heterocycles. The third kappa shape index (κ3) is 1.58. The molecule has 1 aromatic heterocycles. The average molecular weight is 247 g/mol. The van der Waals surface area contributed by atoms with Gasteiger partial charge in [0.05, 0.1) is 5.69 Å². The van der Waals surface area contributed by atoms with Crippen molar-refractivity contribution in [1.29, 1.82) is 0 Å². The Bertz CT molecular complexity index is 716. The number of hydrogen-bond acceptors (Lipinski definition) is 2. The molecule has 0 spiro atoms. The van der Waals surface area contributed by atoms with E-state index in [1.807, 2.05) is 6.07 Å². The first-order chi connectivity index (χ1) is 9.43. The highest BCUT2D eigenvalue weighted by Gasteiger charge is 2.28. The van der Waals surface area contributed by atoms with Gasteiger partial charge >= 0.3 is 0 Å². The topological polar surface area (TPSA) is 41.6 Å². The van der Waals surface area contributed by atoms with Crippen LogP contribution in [-0.2, 0) is 6.42 Å². The monoisotopic (exact) mass is 247 g/mol. The highest BCUT2D eigenvalue weighted by molar-refractivity contribution is 5.69. The summed E-state index contributed by atoms with van der Waals surface area (Å²) in [4.78, 5) is 0. The van der Waals surface area contributed by atoms with E-state index in [9.17, 15) is 0 Å². The molecule has 0 amide bonds. The number of rotatable bonds is 1. The summed E-state index contributed by atoms with van der Waals surface area (Å²) < 4.78 is 0. The van der Waals surface area contributed by atoms with Crippen LogP contribution in [0.4, 0.5) is 0 Å². The second-order valence-corrected chi connectivity index (χ2v) is 4.88. The quantitative estimate of drug-likeness (QED) is 0.717. The normalized spacial score (nSPS) is 16.7. The van der Waals surface area contributed by atoms with Crippen molar-refractivity contribution in [2.24, 2.45) is 0 Å². The van der Waals surface area contributed by atoms with Crippen LogP contribution < -0.4 is 0 Å². The standard InChI is InChI=1S/C16H13N3/c1-2-6-11(7-3-1)14-10-12-8-4-5-9-13(12)15-16(14)18-19-17-15/h1-9,14H,10H2,(H,17,18,19). The Morgan fingerprint density at radius 3 is 2.58 bits per heavy atom. The molecule has 1 unspecified atom stereocenters. The number of nitrogens with one attached hydrogen (secondary N) is 1. The Hall–Kier alpha value is -2.42. The second kappa shape index (κ2) is 4.05. The van der Waals surface area contributed by atoms with E-state index >= 15 is 0 Å². The highest BCUT2D eigenvalue weighted by Crippen LogP contribution is 2.39. The second-order valence-electron chi connectivity index (χ2n) is 4.88. The summed E-state index contributed by atoms with van der Waals surface area (Å²) >= 11 is 0. The van der Waals surface area contributed by atoms with Gasteiger partial charge in [0, 0.05) is 11.5 Å². The molecule has 92 valence electrons. The Morgan fingerprint density at radius 1 is 0.895 bits per heavy atom. The largest absolute Gasteiger partial charge is 0.197 e. The van der Waals surface area contributed by atoms with Gasteiger partial charge in [-0.15, -0.1) is 0 Å². The summed E-state index contributed by atoms with van der Waals surface area (Å²) in [5.41, 5.74) is 5.91. The van der Waals surface area contributed by atoms with Crippen molar-refractivity contribution in [2.45, 2.75) is 12.3 Å². The molecular formula is C16H13N3. The first kappa shape index (κ1) is 10.5. The zero-order chi connectivity index (χ0) is 12.7. The van der Waals surface area contributed by atoms with Crippen LogP contribution in [0, 0.1) is 0 Å². The SMILES string of the molecule is c1ccc(C2Cc3ccccc3-c3n[nH]nc32)cc1. The van der Waals surface area contributed by atoms with E-state index in [1.54, 1.807) is 0 Å². The number of benzene rings is 2. The molecule has 4 rings (SSSR count). The van der Waals surface area contributed by atoms with Gasteiger partial charge in [-0.1, -0.05) is 54.6 Å². The first-order valence-corrected chi connectivity index (χ1v) is 6.47. The summed E-state index contributed by atoms with van der Waals surface area (Å²) in [5.74, 6) is 0.296. The summed E-state index contributed by atoms with van der Waals surface area (Å²) in [5, 5.41) is 11.5. The fourth-order valence-corrected chi connectivity index (χ4v) is 2.89. The first-order valence-electron chi connectivity index (χ1n) is 6.47. The number of H-pyrrole nitrogens is 1. The average Bonchev–Trinajstić information content (AvgIpc) is 2.97. The van der Waals surface area contributed by atoms with Gasteiger partial charge < -0.3 is 0 Å². The fraction of sp³-hybridized carbons (Fsp3) is 0.125. The lowest BCUT2D eigenvalue weighted by Crippen LogP contribution is -2.12. The number of nitrogens with zero attached hydrogens (tertiary/aromatic N) is 2. The summed E-state index contributed by atoms with van der Waals surface area (Å²) in [7, 11) is 0. The van der Waals surface area contributed by atoms with Crippen LogP contribution in [0.25, 0.3) is 11.3 Å². The van der Waals surface area contributed by atoms with Crippen molar-refractivity contribution >= 4 is 0 Å². The molecule has 1 N–H and O–H groups in total. The Morgan fingerprint density at radius 2 is 1.68 bits per heavy atom. The summed E-state index contributed by atoms with van der Waals surface area (Å²) in [6, 6.07) is 19.0. The molecule has 3 aromatic rings. The molecule has 3 nitrogen and oxygen atoms in total. The smallest absolute Gasteiger partial charge is 0.116 e. The number of fused-ring (bicyclic) bond motifs is 3. The minimum Gasteiger partial charge on any atom is -0.197 e. The zero-order valence-corrected chi connectivity index (χ0v) is 10.4. The Kier molecular flexibility index (Phi) is 2.24. The van der Waals surface area contributed by atoms with Gasteiger partial charge in [0.2, 0.25) is 0 Å². The molecular weight excluding hydrogens is 234 g/mol. The van der Waals surface area contributed by atoms with Crippen LogP contribution in [0.15, 0.2) is 54.6 Å². The van der Waals surface area contributed by atoms with Gasteiger partial charge in [-0.25, -0.2) is 0 Å². The van der Waals surface area contributed by atoms with Crippen molar-refractivity contribution < 1.29 is 0 Å². The molecule has 0 saturated heterocycles. The number of aromatic nitrogens is 3. The van der Waals surface area contributed by atoms with Crippen molar-refractivity contribution in [3.05, 3.63) is 71.4 Å². The van der Waals surface area contributed by atoms with Gasteiger partial charge in [0.25, 0.3) is 0 Å². The highest BCUT2D eigenvalue weighted by atomic mass is 15.3. The van der Waals surface area contributed by atoms with Crippen molar-refractivity contribution in [3.63, 3.8) is 0 Å². The molecule has 3 heteroatoms. The van der Waals surface area contributed by atoms with Gasteiger partial charge in [0.15, 0.2) is 0 Å². The van der Waals surface area contributed by atoms with E-state index in [1.165, 1.54) is 16.7 Å². The van der Waals surface area contributed by atoms with Crippen molar-refractivity contribution in [1.82, 2.24) is 15.4 Å². The van der Waals surface area contributed by atoms with E-state index < -0.39 is 0 Å². The summed E-state index contributed by atoms with van der Waals surface area (Å²) in [6.07, 6.45) is 0.986. The van der Waals surface area contributed by atoms with Crippen LogP contribution in [0.2, 0.25) is 0 Å². The van der Waals surface area contributed by atoms with Crippen LogP contribution in [0.3, 0.4) is 0 Å². The zero-order valence-electron chi connectivity index (χ0n) is 10.4. The molecule has 1 heterocycles. The number of hydrogen-bond donors (Lipinski definition) is 1. The maximum absolute atomic E-state index is 4.38.